The van der Waals surface area contributed by atoms with Crippen molar-refractivity contribution in [2.24, 2.45) is 5.92 Å². The zero-order chi connectivity index (χ0) is 12.0. The second-order valence-corrected chi connectivity index (χ2v) is 4.30. The highest BCUT2D eigenvalue weighted by Crippen LogP contribution is 2.17. The van der Waals surface area contributed by atoms with Crippen LogP contribution >= 0.6 is 0 Å². The Labute approximate surface area is 96.7 Å². The van der Waals surface area contributed by atoms with Crippen molar-refractivity contribution in [1.29, 1.82) is 0 Å². The summed E-state index contributed by atoms with van der Waals surface area (Å²) in [5.74, 6) is 0.150. The fourth-order valence-electron chi connectivity index (χ4n) is 1.91. The quantitative estimate of drug-likeness (QED) is 0.540. The van der Waals surface area contributed by atoms with Crippen LogP contribution in [0.3, 0.4) is 0 Å². The van der Waals surface area contributed by atoms with Crippen molar-refractivity contribution in [3.05, 3.63) is 12.2 Å². The van der Waals surface area contributed by atoms with Gasteiger partial charge in [-0.3, -0.25) is 4.79 Å². The van der Waals surface area contributed by atoms with Crippen molar-refractivity contribution in [1.82, 2.24) is 5.32 Å². The number of methoxy groups -OCH3 is 1. The Morgan fingerprint density at radius 1 is 1.62 bits per heavy atom. The van der Waals surface area contributed by atoms with Crippen LogP contribution in [0.4, 0.5) is 0 Å². The highest BCUT2D eigenvalue weighted by Gasteiger charge is 2.24. The molecule has 1 rings (SSSR count). The summed E-state index contributed by atoms with van der Waals surface area (Å²) in [6.07, 6.45) is 6.91. The monoisotopic (exact) mass is 227 g/mol. The molecular weight excluding hydrogens is 206 g/mol. The number of nitrogens with one attached hydrogen (secondary N) is 1. The smallest absolute Gasteiger partial charge is 0.325 e. The number of carbonyl (C=O) groups is 1. The summed E-state index contributed by atoms with van der Waals surface area (Å²) in [5, 5.41) is 12.5. The van der Waals surface area contributed by atoms with Gasteiger partial charge in [0.15, 0.2) is 0 Å². The van der Waals surface area contributed by atoms with Gasteiger partial charge >= 0.3 is 5.97 Å². The third-order valence-corrected chi connectivity index (χ3v) is 2.94. The van der Waals surface area contributed by atoms with Gasteiger partial charge < -0.3 is 15.2 Å². The second-order valence-electron chi connectivity index (χ2n) is 4.30. The van der Waals surface area contributed by atoms with Crippen molar-refractivity contribution >= 4 is 5.97 Å². The van der Waals surface area contributed by atoms with Gasteiger partial charge in [-0.05, 0) is 38.6 Å². The topological polar surface area (TPSA) is 58.6 Å². The number of hydrogen-bond acceptors (Lipinski definition) is 4. The van der Waals surface area contributed by atoms with E-state index in [9.17, 15) is 9.90 Å². The average molecular weight is 227 g/mol. The van der Waals surface area contributed by atoms with Gasteiger partial charge in [-0.25, -0.2) is 0 Å². The summed E-state index contributed by atoms with van der Waals surface area (Å²) >= 11 is 0. The molecule has 0 aromatic heterocycles. The van der Waals surface area contributed by atoms with Crippen LogP contribution in [-0.2, 0) is 9.53 Å². The number of ether oxygens (including phenoxy) is 1. The van der Waals surface area contributed by atoms with Crippen LogP contribution < -0.4 is 5.32 Å². The third-order valence-electron chi connectivity index (χ3n) is 2.94. The van der Waals surface area contributed by atoms with E-state index in [1.54, 1.807) is 6.92 Å². The molecule has 0 heterocycles. The summed E-state index contributed by atoms with van der Waals surface area (Å²) in [4.78, 5) is 11.4. The lowest BCUT2D eigenvalue weighted by Gasteiger charge is -2.23. The zero-order valence-electron chi connectivity index (χ0n) is 9.98. The molecule has 4 nitrogen and oxygen atoms in total. The molecule has 3 atom stereocenters. The van der Waals surface area contributed by atoms with Crippen LogP contribution in [-0.4, -0.2) is 36.9 Å². The second kappa shape index (κ2) is 6.66. The van der Waals surface area contributed by atoms with Crippen LogP contribution in [0.5, 0.6) is 0 Å². The summed E-state index contributed by atoms with van der Waals surface area (Å²) in [5.41, 5.74) is 0. The number of allylic oxidation sites excluding steroid dienone is 2. The van der Waals surface area contributed by atoms with Gasteiger partial charge in [0.25, 0.3) is 0 Å². The molecule has 16 heavy (non-hydrogen) atoms. The summed E-state index contributed by atoms with van der Waals surface area (Å²) in [6.45, 7) is 2.34. The number of esters is 1. The maximum atomic E-state index is 11.4. The first-order valence-corrected chi connectivity index (χ1v) is 5.79. The fraction of sp³-hybridized carbons (Fsp3) is 0.750. The molecule has 2 N–H and O–H groups in total. The van der Waals surface area contributed by atoms with Crippen LogP contribution in [0.2, 0.25) is 0 Å². The maximum Gasteiger partial charge on any atom is 0.325 e. The molecule has 0 aliphatic heterocycles. The third kappa shape index (κ3) is 3.94. The predicted molar refractivity (Wildman–Crippen MR) is 62.0 cm³/mol. The van der Waals surface area contributed by atoms with Crippen molar-refractivity contribution in [3.8, 4) is 0 Å². The van der Waals surface area contributed by atoms with Gasteiger partial charge in [-0.2, -0.15) is 0 Å². The minimum atomic E-state index is -0.730. The molecule has 0 bridgehead atoms. The Morgan fingerprint density at radius 2 is 2.38 bits per heavy atom. The molecule has 0 unspecified atom stereocenters. The Morgan fingerprint density at radius 3 is 2.88 bits per heavy atom. The normalized spacial score (nSPS) is 23.8. The van der Waals surface area contributed by atoms with E-state index < -0.39 is 18.1 Å². The number of carbonyl (C=O) groups excluding carboxylic acids is 1. The molecule has 0 aromatic rings. The highest BCUT2D eigenvalue weighted by atomic mass is 16.5. The number of aliphatic hydroxyl groups is 1. The lowest BCUT2D eigenvalue weighted by atomic mass is 9.94. The Hall–Kier alpha value is -0.870. The van der Waals surface area contributed by atoms with E-state index in [-0.39, 0.29) is 0 Å². The van der Waals surface area contributed by atoms with Gasteiger partial charge in [0.05, 0.1) is 13.2 Å². The fourth-order valence-corrected chi connectivity index (χ4v) is 1.91. The van der Waals surface area contributed by atoms with Gasteiger partial charge in [0, 0.05) is 0 Å². The molecule has 0 fully saturated rings. The Balaban J connectivity index is 2.37. The largest absolute Gasteiger partial charge is 0.468 e. The van der Waals surface area contributed by atoms with Gasteiger partial charge in [0.1, 0.15) is 6.04 Å². The molecule has 1 aliphatic rings. The van der Waals surface area contributed by atoms with Crippen molar-refractivity contribution in [2.75, 3.05) is 13.7 Å². The summed E-state index contributed by atoms with van der Waals surface area (Å²) in [6, 6.07) is -0.615. The first-order valence-electron chi connectivity index (χ1n) is 5.79. The van der Waals surface area contributed by atoms with E-state index in [4.69, 9.17) is 0 Å². The number of rotatable bonds is 5. The minimum Gasteiger partial charge on any atom is -0.468 e. The molecule has 0 spiro atoms. The van der Waals surface area contributed by atoms with Gasteiger partial charge in [-0.15, -0.1) is 0 Å². The van der Waals surface area contributed by atoms with E-state index in [0.717, 1.165) is 25.8 Å². The van der Waals surface area contributed by atoms with Crippen molar-refractivity contribution in [3.63, 3.8) is 0 Å². The molecule has 1 aliphatic carbocycles. The molecule has 0 saturated carbocycles. The van der Waals surface area contributed by atoms with E-state index in [1.807, 2.05) is 0 Å². The van der Waals surface area contributed by atoms with E-state index >= 15 is 0 Å². The van der Waals surface area contributed by atoms with Crippen LogP contribution in [0.25, 0.3) is 0 Å². The maximum absolute atomic E-state index is 11.4. The lowest BCUT2D eigenvalue weighted by molar-refractivity contribution is -0.145. The van der Waals surface area contributed by atoms with Crippen LogP contribution in [0.15, 0.2) is 12.2 Å². The van der Waals surface area contributed by atoms with Gasteiger partial charge in [-0.1, -0.05) is 12.2 Å². The average Bonchev–Trinajstić information content (AvgIpc) is 2.30. The van der Waals surface area contributed by atoms with E-state index in [2.05, 4.69) is 22.2 Å². The predicted octanol–water partition coefficient (Wildman–Crippen LogP) is 0.855. The molecule has 0 amide bonds. The van der Waals surface area contributed by atoms with Crippen LogP contribution in [0.1, 0.15) is 26.2 Å². The molecule has 92 valence electrons. The summed E-state index contributed by atoms with van der Waals surface area (Å²) < 4.78 is 4.64. The van der Waals surface area contributed by atoms with Crippen molar-refractivity contribution < 1.29 is 14.6 Å². The van der Waals surface area contributed by atoms with Crippen molar-refractivity contribution in [2.45, 2.75) is 38.3 Å². The molecule has 0 saturated heterocycles. The highest BCUT2D eigenvalue weighted by molar-refractivity contribution is 5.76. The van der Waals surface area contributed by atoms with Gasteiger partial charge in [0.2, 0.25) is 0 Å². The lowest BCUT2D eigenvalue weighted by Crippen LogP contribution is -2.47. The molecular formula is C12H21NO3. The SMILES string of the molecule is COC(=O)[C@H](NC[C@@H]1CC=CCC1)[C@@H](C)O. The minimum absolute atomic E-state index is 0.402. The van der Waals surface area contributed by atoms with Crippen LogP contribution in [0, 0.1) is 5.92 Å². The standard InChI is InChI=1S/C12H21NO3/c1-9(14)11(12(15)16-2)13-8-10-6-4-3-5-7-10/h3-4,9-11,13-14H,5-8H2,1-2H3/t9-,10-,11-/m1/s1. The number of hydrogen-bond donors (Lipinski definition) is 2. The summed E-state index contributed by atoms with van der Waals surface area (Å²) in [7, 11) is 1.34. The zero-order valence-corrected chi connectivity index (χ0v) is 9.98. The van der Waals surface area contributed by atoms with E-state index in [0.29, 0.717) is 5.92 Å². The Kier molecular flexibility index (Phi) is 5.49. The molecule has 0 aromatic carbocycles. The van der Waals surface area contributed by atoms with E-state index in [1.165, 1.54) is 7.11 Å². The first-order chi connectivity index (χ1) is 7.65. The molecule has 0 radical (unpaired) electrons. The Bertz CT molecular complexity index is 251. The first kappa shape index (κ1) is 13.2. The molecule has 4 heteroatoms. The number of aliphatic hydroxyl groups excluding tert-OH is 1.